The van der Waals surface area contributed by atoms with Gasteiger partial charge in [0.05, 0.1) is 5.92 Å². The van der Waals surface area contributed by atoms with Crippen molar-refractivity contribution in [3.63, 3.8) is 0 Å². The SMILES string of the molecule is CC(C)CN(C(=O)C1CCC(C)NC1)C(C)C. The van der Waals surface area contributed by atoms with Crippen LogP contribution in [0.3, 0.4) is 0 Å². The van der Waals surface area contributed by atoms with Crippen molar-refractivity contribution in [2.45, 2.75) is 59.5 Å². The van der Waals surface area contributed by atoms with Crippen LogP contribution in [0.4, 0.5) is 0 Å². The van der Waals surface area contributed by atoms with Gasteiger partial charge in [0.2, 0.25) is 5.91 Å². The minimum atomic E-state index is 0.187. The van der Waals surface area contributed by atoms with Gasteiger partial charge in [-0.1, -0.05) is 13.8 Å². The van der Waals surface area contributed by atoms with E-state index in [0.717, 1.165) is 25.9 Å². The van der Waals surface area contributed by atoms with Crippen LogP contribution in [0.15, 0.2) is 0 Å². The highest BCUT2D eigenvalue weighted by molar-refractivity contribution is 5.79. The molecule has 1 heterocycles. The molecule has 17 heavy (non-hydrogen) atoms. The van der Waals surface area contributed by atoms with E-state index in [4.69, 9.17) is 0 Å². The Balaban J connectivity index is 2.58. The van der Waals surface area contributed by atoms with Gasteiger partial charge in [-0.15, -0.1) is 0 Å². The Morgan fingerprint density at radius 2 is 1.94 bits per heavy atom. The van der Waals surface area contributed by atoms with E-state index in [9.17, 15) is 4.79 Å². The van der Waals surface area contributed by atoms with Crippen LogP contribution in [0.5, 0.6) is 0 Å². The lowest BCUT2D eigenvalue weighted by Gasteiger charge is -2.35. The van der Waals surface area contributed by atoms with Gasteiger partial charge < -0.3 is 10.2 Å². The molecule has 1 fully saturated rings. The molecule has 0 spiro atoms. The molecule has 2 atom stereocenters. The van der Waals surface area contributed by atoms with Crippen LogP contribution < -0.4 is 5.32 Å². The number of nitrogens with zero attached hydrogens (tertiary/aromatic N) is 1. The number of rotatable bonds is 4. The summed E-state index contributed by atoms with van der Waals surface area (Å²) in [6, 6.07) is 0.876. The lowest BCUT2D eigenvalue weighted by molar-refractivity contribution is -0.138. The molecular weight excluding hydrogens is 212 g/mol. The van der Waals surface area contributed by atoms with E-state index in [1.807, 2.05) is 4.90 Å². The predicted molar refractivity (Wildman–Crippen MR) is 71.9 cm³/mol. The molecule has 1 aliphatic heterocycles. The molecule has 3 nitrogen and oxygen atoms in total. The van der Waals surface area contributed by atoms with Crippen LogP contribution in [-0.4, -0.2) is 36.0 Å². The second-order valence-corrected chi connectivity index (χ2v) is 6.06. The summed E-state index contributed by atoms with van der Waals surface area (Å²) in [6.07, 6.45) is 2.15. The maximum atomic E-state index is 12.5. The predicted octanol–water partition coefficient (Wildman–Crippen LogP) is 2.27. The molecule has 0 aromatic rings. The van der Waals surface area contributed by atoms with Gasteiger partial charge in [0.25, 0.3) is 0 Å². The van der Waals surface area contributed by atoms with Crippen molar-refractivity contribution in [3.8, 4) is 0 Å². The molecule has 0 radical (unpaired) electrons. The Bertz CT molecular complexity index is 243. The molecule has 1 N–H and O–H groups in total. The van der Waals surface area contributed by atoms with Crippen molar-refractivity contribution in [1.29, 1.82) is 0 Å². The average Bonchev–Trinajstić information content (AvgIpc) is 2.25. The molecule has 2 unspecified atom stereocenters. The Kier molecular flexibility index (Phi) is 5.44. The van der Waals surface area contributed by atoms with E-state index in [-0.39, 0.29) is 5.92 Å². The summed E-state index contributed by atoms with van der Waals surface area (Å²) in [5.41, 5.74) is 0. The second kappa shape index (κ2) is 6.39. The van der Waals surface area contributed by atoms with Crippen LogP contribution in [0.25, 0.3) is 0 Å². The van der Waals surface area contributed by atoms with Crippen molar-refractivity contribution in [2.75, 3.05) is 13.1 Å². The number of hydrogen-bond acceptors (Lipinski definition) is 2. The topological polar surface area (TPSA) is 32.3 Å². The number of amides is 1. The van der Waals surface area contributed by atoms with Crippen LogP contribution in [-0.2, 0) is 4.79 Å². The fourth-order valence-electron chi connectivity index (χ4n) is 2.39. The molecule has 0 aliphatic carbocycles. The summed E-state index contributed by atoms with van der Waals surface area (Å²) in [5, 5.41) is 3.41. The summed E-state index contributed by atoms with van der Waals surface area (Å²) >= 11 is 0. The number of carbonyl (C=O) groups excluding carboxylic acids is 1. The summed E-state index contributed by atoms with van der Waals surface area (Å²) in [4.78, 5) is 14.5. The quantitative estimate of drug-likeness (QED) is 0.817. The van der Waals surface area contributed by atoms with Gasteiger partial charge in [-0.2, -0.15) is 0 Å². The molecule has 100 valence electrons. The van der Waals surface area contributed by atoms with E-state index in [0.29, 0.717) is 23.9 Å². The van der Waals surface area contributed by atoms with Crippen LogP contribution in [0.1, 0.15) is 47.5 Å². The van der Waals surface area contributed by atoms with Crippen molar-refractivity contribution in [2.24, 2.45) is 11.8 Å². The van der Waals surface area contributed by atoms with E-state index >= 15 is 0 Å². The fraction of sp³-hybridized carbons (Fsp3) is 0.929. The maximum absolute atomic E-state index is 12.5. The zero-order chi connectivity index (χ0) is 13.0. The van der Waals surface area contributed by atoms with Gasteiger partial charge in [-0.3, -0.25) is 4.79 Å². The van der Waals surface area contributed by atoms with Gasteiger partial charge in [-0.25, -0.2) is 0 Å². The molecule has 0 aromatic heterocycles. The Hall–Kier alpha value is -0.570. The number of carbonyl (C=O) groups is 1. The van der Waals surface area contributed by atoms with E-state index in [1.54, 1.807) is 0 Å². The molecule has 0 bridgehead atoms. The van der Waals surface area contributed by atoms with Crippen molar-refractivity contribution in [3.05, 3.63) is 0 Å². The number of nitrogens with one attached hydrogen (secondary N) is 1. The largest absolute Gasteiger partial charge is 0.340 e. The van der Waals surface area contributed by atoms with E-state index in [1.165, 1.54) is 0 Å². The first-order chi connectivity index (χ1) is 7.91. The van der Waals surface area contributed by atoms with Crippen LogP contribution in [0, 0.1) is 11.8 Å². The molecule has 1 saturated heterocycles. The van der Waals surface area contributed by atoms with Gasteiger partial charge in [0, 0.05) is 25.2 Å². The first-order valence-electron chi connectivity index (χ1n) is 6.95. The standard InChI is InChI=1S/C14H28N2O/c1-10(2)9-16(11(3)4)14(17)13-7-6-12(5)15-8-13/h10-13,15H,6-9H2,1-5H3. The first kappa shape index (κ1) is 14.5. The average molecular weight is 240 g/mol. The summed E-state index contributed by atoms with van der Waals surface area (Å²) in [5.74, 6) is 1.07. The lowest BCUT2D eigenvalue weighted by Crippen LogP contribution is -2.48. The highest BCUT2D eigenvalue weighted by atomic mass is 16.2. The molecule has 0 aromatic carbocycles. The van der Waals surface area contributed by atoms with Crippen LogP contribution in [0.2, 0.25) is 0 Å². The summed E-state index contributed by atoms with van der Waals surface area (Å²) in [6.45, 7) is 12.5. The third-order valence-corrected chi connectivity index (χ3v) is 3.48. The molecule has 1 aliphatic rings. The minimum Gasteiger partial charge on any atom is -0.340 e. The normalized spacial score (nSPS) is 25.4. The Labute approximate surface area is 106 Å². The van der Waals surface area contributed by atoms with Crippen molar-refractivity contribution >= 4 is 5.91 Å². The second-order valence-electron chi connectivity index (χ2n) is 6.06. The van der Waals surface area contributed by atoms with Crippen molar-refractivity contribution in [1.82, 2.24) is 10.2 Å². The molecule has 0 saturated carbocycles. The lowest BCUT2D eigenvalue weighted by atomic mass is 9.93. The highest BCUT2D eigenvalue weighted by Gasteiger charge is 2.29. The summed E-state index contributed by atoms with van der Waals surface area (Å²) < 4.78 is 0. The van der Waals surface area contributed by atoms with Gasteiger partial charge >= 0.3 is 0 Å². The minimum absolute atomic E-state index is 0.187. The smallest absolute Gasteiger partial charge is 0.227 e. The fourth-order valence-corrected chi connectivity index (χ4v) is 2.39. The van der Waals surface area contributed by atoms with Gasteiger partial charge in [-0.05, 0) is 39.5 Å². The molecule has 1 rings (SSSR count). The Morgan fingerprint density at radius 3 is 2.35 bits per heavy atom. The zero-order valence-corrected chi connectivity index (χ0v) is 12.0. The molecular formula is C14H28N2O. The number of hydrogen-bond donors (Lipinski definition) is 1. The van der Waals surface area contributed by atoms with Gasteiger partial charge in [0.1, 0.15) is 0 Å². The monoisotopic (exact) mass is 240 g/mol. The van der Waals surface area contributed by atoms with E-state index < -0.39 is 0 Å². The maximum Gasteiger partial charge on any atom is 0.227 e. The van der Waals surface area contributed by atoms with E-state index in [2.05, 4.69) is 39.9 Å². The summed E-state index contributed by atoms with van der Waals surface area (Å²) in [7, 11) is 0. The van der Waals surface area contributed by atoms with Crippen LogP contribution >= 0.6 is 0 Å². The van der Waals surface area contributed by atoms with Crippen molar-refractivity contribution < 1.29 is 4.79 Å². The first-order valence-corrected chi connectivity index (χ1v) is 6.95. The number of piperidine rings is 1. The van der Waals surface area contributed by atoms with Gasteiger partial charge in [0.15, 0.2) is 0 Å². The molecule has 3 heteroatoms. The Morgan fingerprint density at radius 1 is 1.29 bits per heavy atom. The third kappa shape index (κ3) is 4.30. The highest BCUT2D eigenvalue weighted by Crippen LogP contribution is 2.18. The zero-order valence-electron chi connectivity index (χ0n) is 12.0. The molecule has 1 amide bonds. The third-order valence-electron chi connectivity index (χ3n) is 3.48.